The van der Waals surface area contributed by atoms with E-state index in [0.29, 0.717) is 18.0 Å². The van der Waals surface area contributed by atoms with Crippen LogP contribution in [0.5, 0.6) is 5.75 Å². The van der Waals surface area contributed by atoms with Crippen molar-refractivity contribution in [2.75, 3.05) is 6.61 Å². The Kier molecular flexibility index (Phi) is 4.77. The van der Waals surface area contributed by atoms with Gasteiger partial charge in [-0.1, -0.05) is 6.07 Å². The summed E-state index contributed by atoms with van der Waals surface area (Å²) in [6.45, 7) is 2.41. The van der Waals surface area contributed by atoms with E-state index in [-0.39, 0.29) is 11.9 Å². The van der Waals surface area contributed by atoms with Gasteiger partial charge in [0, 0.05) is 4.47 Å². The second-order valence-corrected chi connectivity index (χ2v) is 3.88. The van der Waals surface area contributed by atoms with Crippen LogP contribution in [0.2, 0.25) is 0 Å². The van der Waals surface area contributed by atoms with Crippen molar-refractivity contribution in [3.63, 3.8) is 0 Å². The van der Waals surface area contributed by atoms with E-state index in [1.165, 1.54) is 0 Å². The minimum Gasteiger partial charge on any atom is -0.492 e. The van der Waals surface area contributed by atoms with E-state index in [1.807, 2.05) is 19.1 Å². The van der Waals surface area contributed by atoms with Gasteiger partial charge in [-0.2, -0.15) is 4.99 Å². The third-order valence-electron chi connectivity index (χ3n) is 1.72. The second-order valence-electron chi connectivity index (χ2n) is 3.03. The number of ether oxygens (including phenoxy) is 1. The summed E-state index contributed by atoms with van der Waals surface area (Å²) in [6.07, 6.45) is 0. The Morgan fingerprint density at radius 3 is 2.65 bits per heavy atom. The average molecular weight is 300 g/mol. The average Bonchev–Trinajstić information content (AvgIpc) is 2.22. The summed E-state index contributed by atoms with van der Waals surface area (Å²) in [6, 6.07) is 5.45. The highest BCUT2D eigenvalue weighted by Gasteiger charge is 2.07. The van der Waals surface area contributed by atoms with Crippen LogP contribution in [0.15, 0.2) is 32.7 Å². The summed E-state index contributed by atoms with van der Waals surface area (Å²) < 4.78 is 6.17. The first kappa shape index (κ1) is 13.3. The smallest absolute Gasteiger partial charge is 0.223 e. The fourth-order valence-corrected chi connectivity index (χ4v) is 1.58. The highest BCUT2D eigenvalue weighted by Crippen LogP contribution is 2.35. The van der Waals surface area contributed by atoms with E-state index in [1.54, 1.807) is 6.07 Å². The number of nitrogens with two attached hydrogens (primary N) is 3. The van der Waals surface area contributed by atoms with Crippen LogP contribution in [0, 0.1) is 0 Å². The molecule has 92 valence electrons. The van der Waals surface area contributed by atoms with Crippen LogP contribution in [-0.4, -0.2) is 18.5 Å². The predicted octanol–water partition coefficient (Wildman–Crippen LogP) is 1.07. The van der Waals surface area contributed by atoms with Gasteiger partial charge in [0.1, 0.15) is 11.4 Å². The van der Waals surface area contributed by atoms with Crippen molar-refractivity contribution in [3.8, 4) is 5.75 Å². The van der Waals surface area contributed by atoms with Crippen molar-refractivity contribution in [2.45, 2.75) is 6.92 Å². The molecule has 0 aliphatic carbocycles. The largest absolute Gasteiger partial charge is 0.492 e. The van der Waals surface area contributed by atoms with Crippen LogP contribution in [0.4, 0.5) is 5.69 Å². The molecule has 0 spiro atoms. The Morgan fingerprint density at radius 1 is 1.35 bits per heavy atom. The summed E-state index contributed by atoms with van der Waals surface area (Å²) >= 11 is 3.36. The minimum absolute atomic E-state index is 0.0298. The number of guanidine groups is 2. The van der Waals surface area contributed by atoms with Crippen LogP contribution in [0.3, 0.4) is 0 Å². The quantitative estimate of drug-likeness (QED) is 0.572. The Labute approximate surface area is 108 Å². The van der Waals surface area contributed by atoms with E-state index >= 15 is 0 Å². The number of halogens is 1. The summed E-state index contributed by atoms with van der Waals surface area (Å²) in [4.78, 5) is 7.73. The van der Waals surface area contributed by atoms with Crippen molar-refractivity contribution < 1.29 is 4.74 Å². The van der Waals surface area contributed by atoms with Gasteiger partial charge in [0.25, 0.3) is 0 Å². The third kappa shape index (κ3) is 3.95. The number of rotatable bonds is 3. The van der Waals surface area contributed by atoms with Crippen molar-refractivity contribution in [1.82, 2.24) is 0 Å². The molecule has 1 aromatic carbocycles. The van der Waals surface area contributed by atoms with Crippen molar-refractivity contribution in [2.24, 2.45) is 27.2 Å². The van der Waals surface area contributed by atoms with Gasteiger partial charge >= 0.3 is 0 Å². The van der Waals surface area contributed by atoms with Gasteiger partial charge in [-0.05, 0) is 35.0 Å². The molecule has 0 unspecified atom stereocenters. The number of hydrogen-bond donors (Lipinski definition) is 3. The molecule has 0 aromatic heterocycles. The van der Waals surface area contributed by atoms with Crippen molar-refractivity contribution >= 4 is 33.5 Å². The molecular formula is C10H14BrN5O. The Bertz CT molecular complexity index is 454. The van der Waals surface area contributed by atoms with Gasteiger partial charge in [-0.25, -0.2) is 4.99 Å². The molecule has 0 amide bonds. The number of para-hydroxylation sites is 1. The molecule has 1 aromatic rings. The molecule has 7 heteroatoms. The van der Waals surface area contributed by atoms with E-state index in [4.69, 9.17) is 21.9 Å². The molecule has 0 atom stereocenters. The van der Waals surface area contributed by atoms with Crippen LogP contribution < -0.4 is 21.9 Å². The molecular weight excluding hydrogens is 286 g/mol. The van der Waals surface area contributed by atoms with Gasteiger partial charge in [0.15, 0.2) is 5.96 Å². The number of aliphatic imine (C=N–C) groups is 2. The zero-order valence-corrected chi connectivity index (χ0v) is 10.9. The summed E-state index contributed by atoms with van der Waals surface area (Å²) in [5, 5.41) is 0. The third-order valence-corrected chi connectivity index (χ3v) is 2.36. The van der Waals surface area contributed by atoms with Gasteiger partial charge in [0.05, 0.1) is 6.61 Å². The van der Waals surface area contributed by atoms with Crippen LogP contribution in [0.1, 0.15) is 6.92 Å². The van der Waals surface area contributed by atoms with Crippen molar-refractivity contribution in [1.29, 1.82) is 0 Å². The maximum atomic E-state index is 5.57. The molecule has 0 saturated heterocycles. The SMILES string of the molecule is CCOc1cccc(Br)c1N=C(N)N=C(N)N. The molecule has 0 aliphatic rings. The Balaban J connectivity index is 3.16. The molecule has 1 rings (SSSR count). The number of nitrogens with zero attached hydrogens (tertiary/aromatic N) is 2. The van der Waals surface area contributed by atoms with Gasteiger partial charge in [-0.15, -0.1) is 0 Å². The first-order chi connectivity index (χ1) is 8.04. The molecule has 6 nitrogen and oxygen atoms in total. The van der Waals surface area contributed by atoms with E-state index < -0.39 is 0 Å². The van der Waals surface area contributed by atoms with E-state index in [9.17, 15) is 0 Å². The molecule has 6 N–H and O–H groups in total. The highest BCUT2D eigenvalue weighted by molar-refractivity contribution is 9.10. The fraction of sp³-hybridized carbons (Fsp3) is 0.200. The highest BCUT2D eigenvalue weighted by atomic mass is 79.9. The van der Waals surface area contributed by atoms with Gasteiger partial charge < -0.3 is 21.9 Å². The van der Waals surface area contributed by atoms with Crippen molar-refractivity contribution in [3.05, 3.63) is 22.7 Å². The minimum atomic E-state index is -0.142. The van der Waals surface area contributed by atoms with Crippen LogP contribution in [0.25, 0.3) is 0 Å². The lowest BCUT2D eigenvalue weighted by atomic mass is 10.3. The van der Waals surface area contributed by atoms with E-state index in [0.717, 1.165) is 4.47 Å². The normalized spacial score (nSPS) is 11.1. The predicted molar refractivity (Wildman–Crippen MR) is 72.4 cm³/mol. The molecule has 0 saturated carbocycles. The summed E-state index contributed by atoms with van der Waals surface area (Å²) in [7, 11) is 0. The van der Waals surface area contributed by atoms with E-state index in [2.05, 4.69) is 25.9 Å². The van der Waals surface area contributed by atoms with Gasteiger partial charge in [0.2, 0.25) is 5.96 Å². The zero-order chi connectivity index (χ0) is 12.8. The lowest BCUT2D eigenvalue weighted by Crippen LogP contribution is -2.26. The number of benzene rings is 1. The maximum absolute atomic E-state index is 5.57. The topological polar surface area (TPSA) is 112 Å². The van der Waals surface area contributed by atoms with Crippen LogP contribution >= 0.6 is 15.9 Å². The first-order valence-corrected chi connectivity index (χ1v) is 5.69. The molecule has 17 heavy (non-hydrogen) atoms. The molecule has 0 bridgehead atoms. The standard InChI is InChI=1S/C10H14BrN5O/c1-2-17-7-5-3-4-6(11)8(7)15-10(14)16-9(12)13/h3-5H,2H2,1H3,(H6,12,13,14,15,16). The molecule has 0 fully saturated rings. The first-order valence-electron chi connectivity index (χ1n) is 4.89. The summed E-state index contributed by atoms with van der Waals surface area (Å²) in [5.74, 6) is 0.435. The fourth-order valence-electron chi connectivity index (χ4n) is 1.15. The van der Waals surface area contributed by atoms with Gasteiger partial charge in [-0.3, -0.25) is 0 Å². The molecule has 0 aliphatic heterocycles. The molecule has 0 heterocycles. The lowest BCUT2D eigenvalue weighted by molar-refractivity contribution is 0.341. The number of hydrogen-bond acceptors (Lipinski definition) is 2. The molecule has 0 radical (unpaired) electrons. The lowest BCUT2D eigenvalue weighted by Gasteiger charge is -2.08. The van der Waals surface area contributed by atoms with Crippen LogP contribution in [-0.2, 0) is 0 Å². The maximum Gasteiger partial charge on any atom is 0.223 e. The Morgan fingerprint density at radius 2 is 2.06 bits per heavy atom. The monoisotopic (exact) mass is 299 g/mol. The second kappa shape index (κ2) is 6.09. The zero-order valence-electron chi connectivity index (χ0n) is 9.35. The summed E-state index contributed by atoms with van der Waals surface area (Å²) in [5.41, 5.74) is 16.5. The Hall–Kier alpha value is -1.76.